The van der Waals surface area contributed by atoms with Crippen LogP contribution in [0, 0.1) is 0 Å². The number of rotatable bonds is 5. The van der Waals surface area contributed by atoms with Crippen LogP contribution in [-0.4, -0.2) is 59.3 Å². The highest BCUT2D eigenvalue weighted by Crippen LogP contribution is 2.29. The largest absolute Gasteiger partial charge is 0.416 e. The van der Waals surface area contributed by atoms with Crippen LogP contribution in [0.15, 0.2) is 42.6 Å². The van der Waals surface area contributed by atoms with Gasteiger partial charge in [0.05, 0.1) is 11.3 Å². The lowest BCUT2D eigenvalue weighted by Crippen LogP contribution is -2.47. The molecule has 1 aromatic carbocycles. The second-order valence-corrected chi connectivity index (χ2v) is 7.41. The number of nitrogens with zero attached hydrogens (tertiary/aromatic N) is 4. The van der Waals surface area contributed by atoms with Gasteiger partial charge < -0.3 is 9.80 Å². The molecule has 1 fully saturated rings. The van der Waals surface area contributed by atoms with E-state index < -0.39 is 11.7 Å². The SMILES string of the molecule is CCN(C(=O)c1ccc(C(F)(F)F)cc1)c1ccnc(CN2CCN(C(C)=O)CC2)c1. The number of hydrogen-bond acceptors (Lipinski definition) is 4. The number of halogens is 3. The maximum Gasteiger partial charge on any atom is 0.416 e. The molecule has 166 valence electrons. The average molecular weight is 434 g/mol. The van der Waals surface area contributed by atoms with E-state index in [-0.39, 0.29) is 17.4 Å². The fraction of sp³-hybridized carbons (Fsp3) is 0.409. The van der Waals surface area contributed by atoms with Gasteiger partial charge in [-0.3, -0.25) is 19.5 Å². The molecule has 1 aromatic heterocycles. The smallest absolute Gasteiger partial charge is 0.340 e. The molecule has 0 radical (unpaired) electrons. The van der Waals surface area contributed by atoms with Crippen molar-refractivity contribution in [1.29, 1.82) is 0 Å². The summed E-state index contributed by atoms with van der Waals surface area (Å²) in [5.41, 5.74) is 0.823. The predicted molar refractivity (Wildman–Crippen MR) is 111 cm³/mol. The Hall–Kier alpha value is -2.94. The van der Waals surface area contributed by atoms with E-state index >= 15 is 0 Å². The Morgan fingerprint density at radius 3 is 2.26 bits per heavy atom. The highest BCUT2D eigenvalue weighted by atomic mass is 19.4. The zero-order valence-electron chi connectivity index (χ0n) is 17.5. The van der Waals surface area contributed by atoms with Crippen LogP contribution in [0.25, 0.3) is 0 Å². The molecule has 0 unspecified atom stereocenters. The average Bonchev–Trinajstić information content (AvgIpc) is 2.74. The summed E-state index contributed by atoms with van der Waals surface area (Å²) >= 11 is 0. The summed E-state index contributed by atoms with van der Waals surface area (Å²) in [6, 6.07) is 7.76. The molecule has 2 heterocycles. The summed E-state index contributed by atoms with van der Waals surface area (Å²) in [7, 11) is 0. The van der Waals surface area contributed by atoms with Crippen LogP contribution < -0.4 is 4.90 Å². The van der Waals surface area contributed by atoms with Gasteiger partial charge >= 0.3 is 6.18 Å². The fourth-order valence-electron chi connectivity index (χ4n) is 3.57. The van der Waals surface area contributed by atoms with Crippen molar-refractivity contribution in [2.75, 3.05) is 37.6 Å². The minimum absolute atomic E-state index is 0.0696. The topological polar surface area (TPSA) is 56.8 Å². The normalized spacial score (nSPS) is 15.1. The highest BCUT2D eigenvalue weighted by molar-refractivity contribution is 6.06. The molecular formula is C22H25F3N4O2. The Morgan fingerprint density at radius 1 is 1.06 bits per heavy atom. The van der Waals surface area contributed by atoms with Gasteiger partial charge in [-0.25, -0.2) is 0 Å². The second-order valence-electron chi connectivity index (χ2n) is 7.41. The molecule has 1 saturated heterocycles. The van der Waals surface area contributed by atoms with Crippen LogP contribution >= 0.6 is 0 Å². The van der Waals surface area contributed by atoms with Gasteiger partial charge in [0.15, 0.2) is 0 Å². The molecule has 1 aliphatic rings. The number of benzene rings is 1. The van der Waals surface area contributed by atoms with Gasteiger partial charge in [0.2, 0.25) is 5.91 Å². The summed E-state index contributed by atoms with van der Waals surface area (Å²) in [6.45, 7) is 7.15. The van der Waals surface area contributed by atoms with Crippen molar-refractivity contribution in [1.82, 2.24) is 14.8 Å². The number of anilines is 1. The summed E-state index contributed by atoms with van der Waals surface area (Å²) in [4.78, 5) is 34.3. The number of hydrogen-bond donors (Lipinski definition) is 0. The molecule has 0 atom stereocenters. The number of alkyl halides is 3. The number of aromatic nitrogens is 1. The monoisotopic (exact) mass is 434 g/mol. The van der Waals surface area contributed by atoms with E-state index in [1.165, 1.54) is 17.0 Å². The Balaban J connectivity index is 1.71. The first-order chi connectivity index (χ1) is 14.7. The number of carbonyl (C=O) groups is 2. The van der Waals surface area contributed by atoms with Crippen molar-refractivity contribution in [3.05, 3.63) is 59.4 Å². The first-order valence-corrected chi connectivity index (χ1v) is 10.1. The van der Waals surface area contributed by atoms with Gasteiger partial charge in [0, 0.05) is 63.6 Å². The quantitative estimate of drug-likeness (QED) is 0.724. The van der Waals surface area contributed by atoms with Crippen LogP contribution in [0.2, 0.25) is 0 Å². The predicted octanol–water partition coefficient (Wildman–Crippen LogP) is 3.43. The summed E-state index contributed by atoms with van der Waals surface area (Å²) in [5.74, 6) is -0.302. The zero-order valence-corrected chi connectivity index (χ0v) is 17.5. The van der Waals surface area contributed by atoms with Crippen molar-refractivity contribution >= 4 is 17.5 Å². The van der Waals surface area contributed by atoms with Crippen molar-refractivity contribution in [2.24, 2.45) is 0 Å². The zero-order chi connectivity index (χ0) is 22.6. The highest BCUT2D eigenvalue weighted by Gasteiger charge is 2.30. The van der Waals surface area contributed by atoms with E-state index in [1.807, 2.05) is 17.9 Å². The lowest BCUT2D eigenvalue weighted by atomic mass is 10.1. The maximum atomic E-state index is 12.9. The van der Waals surface area contributed by atoms with E-state index in [9.17, 15) is 22.8 Å². The third-order valence-electron chi connectivity index (χ3n) is 5.34. The molecule has 2 amide bonds. The molecule has 31 heavy (non-hydrogen) atoms. The van der Waals surface area contributed by atoms with Crippen LogP contribution in [0.3, 0.4) is 0 Å². The second kappa shape index (κ2) is 9.47. The fourth-order valence-corrected chi connectivity index (χ4v) is 3.57. The first-order valence-electron chi connectivity index (χ1n) is 10.1. The van der Waals surface area contributed by atoms with Gasteiger partial charge in [-0.2, -0.15) is 13.2 Å². The van der Waals surface area contributed by atoms with E-state index in [0.717, 1.165) is 30.9 Å². The Labute approximate surface area is 179 Å². The van der Waals surface area contributed by atoms with Crippen LogP contribution in [0.1, 0.15) is 35.5 Å². The lowest BCUT2D eigenvalue weighted by Gasteiger charge is -2.34. The minimum atomic E-state index is -4.44. The van der Waals surface area contributed by atoms with Gasteiger partial charge in [-0.1, -0.05) is 0 Å². The molecule has 9 heteroatoms. The third-order valence-corrected chi connectivity index (χ3v) is 5.34. The molecule has 0 spiro atoms. The van der Waals surface area contributed by atoms with E-state index in [1.54, 1.807) is 19.2 Å². The summed E-state index contributed by atoms with van der Waals surface area (Å²) < 4.78 is 38.3. The minimum Gasteiger partial charge on any atom is -0.340 e. The number of carbonyl (C=O) groups excluding carboxylic acids is 2. The Morgan fingerprint density at radius 2 is 1.71 bits per heavy atom. The Bertz CT molecular complexity index is 923. The van der Waals surface area contributed by atoms with Crippen LogP contribution in [-0.2, 0) is 17.5 Å². The molecule has 0 N–H and O–H groups in total. The molecule has 1 aliphatic heterocycles. The van der Waals surface area contributed by atoms with Gasteiger partial charge in [0.1, 0.15) is 0 Å². The summed E-state index contributed by atoms with van der Waals surface area (Å²) in [6.07, 6.45) is -2.82. The third kappa shape index (κ3) is 5.61. The van der Waals surface area contributed by atoms with Crippen molar-refractivity contribution in [2.45, 2.75) is 26.6 Å². The number of pyridine rings is 1. The van der Waals surface area contributed by atoms with Gasteiger partial charge in [0.25, 0.3) is 5.91 Å². The van der Waals surface area contributed by atoms with Crippen LogP contribution in [0.5, 0.6) is 0 Å². The maximum absolute atomic E-state index is 12.9. The standard InChI is InChI=1S/C22H25F3N4O2/c1-3-29(21(31)17-4-6-18(7-5-17)22(23,24)25)20-8-9-26-19(14-20)15-27-10-12-28(13-11-27)16(2)30/h4-9,14H,3,10-13,15H2,1-2H3. The number of piperazine rings is 1. The van der Waals surface area contributed by atoms with Crippen molar-refractivity contribution in [3.63, 3.8) is 0 Å². The molecule has 3 rings (SSSR count). The Kier molecular flexibility index (Phi) is 6.94. The van der Waals surface area contributed by atoms with E-state index in [2.05, 4.69) is 9.88 Å². The molecule has 6 nitrogen and oxygen atoms in total. The first kappa shape index (κ1) is 22.7. The van der Waals surface area contributed by atoms with Crippen molar-refractivity contribution in [3.8, 4) is 0 Å². The molecule has 2 aromatic rings. The van der Waals surface area contributed by atoms with Gasteiger partial charge in [-0.05, 0) is 43.3 Å². The summed E-state index contributed by atoms with van der Waals surface area (Å²) in [5, 5.41) is 0. The van der Waals surface area contributed by atoms with Crippen LogP contribution in [0.4, 0.5) is 18.9 Å². The molecule has 0 bridgehead atoms. The molecular weight excluding hydrogens is 409 g/mol. The van der Waals surface area contributed by atoms with E-state index in [0.29, 0.717) is 31.9 Å². The number of amides is 2. The molecule has 0 saturated carbocycles. The van der Waals surface area contributed by atoms with Gasteiger partial charge in [-0.15, -0.1) is 0 Å². The van der Waals surface area contributed by atoms with E-state index in [4.69, 9.17) is 0 Å². The molecule has 0 aliphatic carbocycles. The lowest BCUT2D eigenvalue weighted by molar-refractivity contribution is -0.137. The van der Waals surface area contributed by atoms with Crippen molar-refractivity contribution < 1.29 is 22.8 Å².